The highest BCUT2D eigenvalue weighted by molar-refractivity contribution is 6.31. The van der Waals surface area contributed by atoms with Gasteiger partial charge in [0.25, 0.3) is 0 Å². The van der Waals surface area contributed by atoms with Gasteiger partial charge >= 0.3 is 0 Å². The molecule has 0 bridgehead atoms. The Hall–Kier alpha value is -0.730. The monoisotopic (exact) mass is 239 g/mol. The van der Waals surface area contributed by atoms with Crippen LogP contribution in [-0.4, -0.2) is 7.11 Å². The molecule has 0 aromatic heterocycles. The van der Waals surface area contributed by atoms with Crippen LogP contribution < -0.4 is 10.5 Å². The molecule has 2 nitrogen and oxygen atoms in total. The molecule has 2 rings (SSSR count). The first-order chi connectivity index (χ1) is 7.60. The van der Waals surface area contributed by atoms with Gasteiger partial charge in [-0.1, -0.05) is 18.5 Å². The highest BCUT2D eigenvalue weighted by Crippen LogP contribution is 2.42. The standard InChI is InChI=1S/C13H18ClNO/c1-3-10-11(14)7-9(8-12(10)16-2)13(15)5-4-6-13/h7-8H,3-6,15H2,1-2H3. The molecule has 3 heteroatoms. The van der Waals surface area contributed by atoms with Gasteiger partial charge in [-0.15, -0.1) is 0 Å². The molecular formula is C13H18ClNO. The van der Waals surface area contributed by atoms with Crippen molar-refractivity contribution in [2.75, 3.05) is 7.11 Å². The van der Waals surface area contributed by atoms with Gasteiger partial charge in [-0.2, -0.15) is 0 Å². The minimum atomic E-state index is -0.177. The maximum atomic E-state index is 6.29. The number of rotatable bonds is 3. The second-order valence-electron chi connectivity index (χ2n) is 4.50. The third-order valence-corrected chi connectivity index (χ3v) is 3.89. The van der Waals surface area contributed by atoms with Crippen molar-refractivity contribution in [1.29, 1.82) is 0 Å². The minimum Gasteiger partial charge on any atom is -0.496 e. The van der Waals surface area contributed by atoms with Crippen LogP contribution in [0.1, 0.15) is 37.3 Å². The summed E-state index contributed by atoms with van der Waals surface area (Å²) in [6.07, 6.45) is 4.15. The van der Waals surface area contributed by atoms with E-state index in [1.807, 2.05) is 12.1 Å². The summed E-state index contributed by atoms with van der Waals surface area (Å²) in [6, 6.07) is 4.05. The second-order valence-corrected chi connectivity index (χ2v) is 4.91. The fourth-order valence-electron chi connectivity index (χ4n) is 2.27. The Morgan fingerprint density at radius 2 is 2.12 bits per heavy atom. The summed E-state index contributed by atoms with van der Waals surface area (Å²) in [5.41, 5.74) is 8.29. The number of nitrogens with two attached hydrogens (primary N) is 1. The van der Waals surface area contributed by atoms with Crippen LogP contribution in [0.15, 0.2) is 12.1 Å². The Bertz CT molecular complexity index is 399. The van der Waals surface area contributed by atoms with Crippen molar-refractivity contribution >= 4 is 11.6 Å². The van der Waals surface area contributed by atoms with Gasteiger partial charge < -0.3 is 10.5 Å². The summed E-state index contributed by atoms with van der Waals surface area (Å²) in [5.74, 6) is 0.863. The lowest BCUT2D eigenvalue weighted by Crippen LogP contribution is -2.43. The fraction of sp³-hybridized carbons (Fsp3) is 0.538. The van der Waals surface area contributed by atoms with E-state index in [0.29, 0.717) is 0 Å². The van der Waals surface area contributed by atoms with Gasteiger partial charge in [-0.25, -0.2) is 0 Å². The Balaban J connectivity index is 2.45. The number of hydrogen-bond acceptors (Lipinski definition) is 2. The zero-order valence-corrected chi connectivity index (χ0v) is 10.6. The topological polar surface area (TPSA) is 35.2 Å². The van der Waals surface area contributed by atoms with Gasteiger partial charge in [0.2, 0.25) is 0 Å². The van der Waals surface area contributed by atoms with E-state index in [9.17, 15) is 0 Å². The van der Waals surface area contributed by atoms with Crippen LogP contribution in [0.2, 0.25) is 5.02 Å². The van der Waals surface area contributed by atoms with Crippen LogP contribution >= 0.6 is 11.6 Å². The first-order valence-corrected chi connectivity index (χ1v) is 6.14. The smallest absolute Gasteiger partial charge is 0.123 e. The predicted octanol–water partition coefficient (Wildman–Crippen LogP) is 3.25. The Morgan fingerprint density at radius 1 is 1.44 bits per heavy atom. The van der Waals surface area contributed by atoms with E-state index < -0.39 is 0 Å². The van der Waals surface area contributed by atoms with E-state index in [0.717, 1.165) is 41.2 Å². The lowest BCUT2D eigenvalue weighted by molar-refractivity contribution is 0.252. The number of halogens is 1. The third kappa shape index (κ3) is 1.80. The van der Waals surface area contributed by atoms with E-state index in [-0.39, 0.29) is 5.54 Å². The molecule has 1 aromatic rings. The summed E-state index contributed by atoms with van der Waals surface area (Å²) in [5, 5.41) is 0.772. The van der Waals surface area contributed by atoms with Crippen molar-refractivity contribution in [3.63, 3.8) is 0 Å². The van der Waals surface area contributed by atoms with Crippen LogP contribution in [0.5, 0.6) is 5.75 Å². The van der Waals surface area contributed by atoms with Crippen molar-refractivity contribution in [3.8, 4) is 5.75 Å². The average Bonchev–Trinajstić information content (AvgIpc) is 2.24. The Kier molecular flexibility index (Phi) is 3.13. The molecule has 2 N–H and O–H groups in total. The minimum absolute atomic E-state index is 0.177. The lowest BCUT2D eigenvalue weighted by atomic mass is 9.72. The Labute approximate surface area is 102 Å². The van der Waals surface area contributed by atoms with Gasteiger partial charge in [0.1, 0.15) is 5.75 Å². The predicted molar refractivity (Wildman–Crippen MR) is 67.1 cm³/mol. The third-order valence-electron chi connectivity index (χ3n) is 3.55. The SMILES string of the molecule is CCc1c(Cl)cc(C2(N)CCC2)cc1OC. The van der Waals surface area contributed by atoms with Crippen molar-refractivity contribution in [2.45, 2.75) is 38.1 Å². The second kappa shape index (κ2) is 4.27. The first kappa shape index (κ1) is 11.7. The number of methoxy groups -OCH3 is 1. The number of hydrogen-bond donors (Lipinski definition) is 1. The molecule has 1 aromatic carbocycles. The van der Waals surface area contributed by atoms with Crippen molar-refractivity contribution in [3.05, 3.63) is 28.3 Å². The van der Waals surface area contributed by atoms with Crippen molar-refractivity contribution < 1.29 is 4.74 Å². The molecule has 88 valence electrons. The van der Waals surface area contributed by atoms with Crippen LogP contribution in [0.3, 0.4) is 0 Å². The molecule has 0 atom stereocenters. The molecule has 0 saturated heterocycles. The van der Waals surface area contributed by atoms with Gasteiger partial charge in [-0.05, 0) is 43.4 Å². The fourth-order valence-corrected chi connectivity index (χ4v) is 2.61. The van der Waals surface area contributed by atoms with Gasteiger partial charge in [0.05, 0.1) is 7.11 Å². The van der Waals surface area contributed by atoms with Crippen LogP contribution in [0, 0.1) is 0 Å². The van der Waals surface area contributed by atoms with E-state index in [1.54, 1.807) is 7.11 Å². The number of ether oxygens (including phenoxy) is 1. The molecule has 0 aliphatic heterocycles. The molecule has 1 saturated carbocycles. The summed E-state index contributed by atoms with van der Waals surface area (Å²) in [7, 11) is 1.68. The quantitative estimate of drug-likeness (QED) is 0.879. The normalized spacial score (nSPS) is 18.0. The summed E-state index contributed by atoms with van der Waals surface area (Å²) >= 11 is 6.27. The maximum Gasteiger partial charge on any atom is 0.123 e. The van der Waals surface area contributed by atoms with Gasteiger partial charge in [0.15, 0.2) is 0 Å². The molecule has 16 heavy (non-hydrogen) atoms. The zero-order valence-electron chi connectivity index (χ0n) is 9.85. The molecule has 0 unspecified atom stereocenters. The van der Waals surface area contributed by atoms with Gasteiger partial charge in [-0.3, -0.25) is 0 Å². The highest BCUT2D eigenvalue weighted by Gasteiger charge is 2.35. The highest BCUT2D eigenvalue weighted by atomic mass is 35.5. The molecule has 0 spiro atoms. The van der Waals surface area contributed by atoms with Crippen molar-refractivity contribution in [2.24, 2.45) is 5.73 Å². The summed E-state index contributed by atoms with van der Waals surface area (Å²) in [6.45, 7) is 2.07. The average molecular weight is 240 g/mol. The van der Waals surface area contributed by atoms with Crippen molar-refractivity contribution in [1.82, 2.24) is 0 Å². The summed E-state index contributed by atoms with van der Waals surface area (Å²) in [4.78, 5) is 0. The van der Waals surface area contributed by atoms with Crippen LogP contribution in [-0.2, 0) is 12.0 Å². The maximum absolute atomic E-state index is 6.29. The lowest BCUT2D eigenvalue weighted by Gasteiger charge is -2.39. The summed E-state index contributed by atoms with van der Waals surface area (Å²) < 4.78 is 5.38. The largest absolute Gasteiger partial charge is 0.496 e. The molecule has 1 aliphatic carbocycles. The number of benzene rings is 1. The molecule has 0 heterocycles. The first-order valence-electron chi connectivity index (χ1n) is 5.76. The van der Waals surface area contributed by atoms with E-state index >= 15 is 0 Å². The van der Waals surface area contributed by atoms with E-state index in [4.69, 9.17) is 22.1 Å². The zero-order chi connectivity index (χ0) is 11.8. The molecular weight excluding hydrogens is 222 g/mol. The molecule has 0 radical (unpaired) electrons. The molecule has 1 aliphatic rings. The molecule has 1 fully saturated rings. The van der Waals surface area contributed by atoms with Crippen LogP contribution in [0.25, 0.3) is 0 Å². The Morgan fingerprint density at radius 3 is 2.56 bits per heavy atom. The van der Waals surface area contributed by atoms with E-state index in [2.05, 4.69) is 6.92 Å². The van der Waals surface area contributed by atoms with Gasteiger partial charge in [0, 0.05) is 16.1 Å². The van der Waals surface area contributed by atoms with E-state index in [1.165, 1.54) is 6.42 Å². The van der Waals surface area contributed by atoms with Crippen LogP contribution in [0.4, 0.5) is 0 Å². The molecule has 0 amide bonds.